The third-order valence-corrected chi connectivity index (χ3v) is 4.79. The van der Waals surface area contributed by atoms with Crippen LogP contribution in [0.1, 0.15) is 22.3 Å². The van der Waals surface area contributed by atoms with Crippen LogP contribution in [0.3, 0.4) is 0 Å². The fraction of sp³-hybridized carbons (Fsp3) is 0.250. The average molecular weight is 394 g/mol. The van der Waals surface area contributed by atoms with Crippen molar-refractivity contribution in [1.29, 1.82) is 0 Å². The standard InChI is InChI=1S/C12H13ClIN3S/c1-7-6-18-12(16-7)5-11(17-15)9-4-8(13)2-3-10(9)14/h2-4,6,11,17H,5,15H2,1H3. The number of nitrogens with one attached hydrogen (secondary N) is 1. The lowest BCUT2D eigenvalue weighted by Gasteiger charge is -2.17. The van der Waals surface area contributed by atoms with Gasteiger partial charge in [-0.3, -0.25) is 11.3 Å². The SMILES string of the molecule is Cc1csc(CC(NN)c2cc(Cl)ccc2I)n1. The van der Waals surface area contributed by atoms with E-state index in [-0.39, 0.29) is 6.04 Å². The molecule has 1 unspecified atom stereocenters. The van der Waals surface area contributed by atoms with E-state index in [1.807, 2.05) is 30.5 Å². The molecule has 0 saturated heterocycles. The summed E-state index contributed by atoms with van der Waals surface area (Å²) in [6.45, 7) is 1.99. The molecule has 1 aromatic heterocycles. The van der Waals surface area contributed by atoms with Crippen molar-refractivity contribution in [1.82, 2.24) is 10.4 Å². The van der Waals surface area contributed by atoms with Gasteiger partial charge in [-0.05, 0) is 53.3 Å². The number of rotatable bonds is 4. The van der Waals surface area contributed by atoms with Crippen LogP contribution >= 0.6 is 45.5 Å². The maximum absolute atomic E-state index is 6.04. The second-order valence-corrected chi connectivity index (χ2v) is 6.51. The van der Waals surface area contributed by atoms with Crippen molar-refractivity contribution in [2.45, 2.75) is 19.4 Å². The summed E-state index contributed by atoms with van der Waals surface area (Å²) in [4.78, 5) is 4.46. The first-order chi connectivity index (χ1) is 8.60. The normalized spacial score (nSPS) is 12.7. The van der Waals surface area contributed by atoms with E-state index < -0.39 is 0 Å². The molecule has 3 nitrogen and oxygen atoms in total. The van der Waals surface area contributed by atoms with E-state index in [2.05, 4.69) is 33.0 Å². The fourth-order valence-corrected chi connectivity index (χ4v) is 3.42. The summed E-state index contributed by atoms with van der Waals surface area (Å²) < 4.78 is 1.15. The summed E-state index contributed by atoms with van der Waals surface area (Å²) >= 11 is 9.99. The highest BCUT2D eigenvalue weighted by atomic mass is 127. The van der Waals surface area contributed by atoms with Crippen molar-refractivity contribution in [2.24, 2.45) is 5.84 Å². The molecule has 0 fully saturated rings. The summed E-state index contributed by atoms with van der Waals surface area (Å²) in [5.74, 6) is 5.66. The lowest BCUT2D eigenvalue weighted by Crippen LogP contribution is -2.30. The van der Waals surface area contributed by atoms with Crippen LogP contribution in [0.25, 0.3) is 0 Å². The second-order valence-electron chi connectivity index (χ2n) is 3.97. The zero-order chi connectivity index (χ0) is 13.1. The fourth-order valence-electron chi connectivity index (χ4n) is 1.71. The van der Waals surface area contributed by atoms with Gasteiger partial charge in [-0.2, -0.15) is 0 Å². The minimum absolute atomic E-state index is 0.0288. The van der Waals surface area contributed by atoms with E-state index in [4.69, 9.17) is 17.4 Å². The molecule has 0 spiro atoms. The number of halogens is 2. The maximum Gasteiger partial charge on any atom is 0.0947 e. The largest absolute Gasteiger partial charge is 0.271 e. The van der Waals surface area contributed by atoms with Gasteiger partial charge in [0.1, 0.15) is 0 Å². The van der Waals surface area contributed by atoms with Crippen LogP contribution in [-0.4, -0.2) is 4.98 Å². The van der Waals surface area contributed by atoms with Crippen molar-refractivity contribution >= 4 is 45.5 Å². The third-order valence-electron chi connectivity index (χ3n) is 2.58. The predicted octanol–water partition coefficient (Wildman–Crippen LogP) is 3.46. The molecule has 3 N–H and O–H groups in total. The summed E-state index contributed by atoms with van der Waals surface area (Å²) in [7, 11) is 0. The van der Waals surface area contributed by atoms with Crippen LogP contribution in [0.2, 0.25) is 5.02 Å². The lowest BCUT2D eigenvalue weighted by molar-refractivity contribution is 0.548. The van der Waals surface area contributed by atoms with Crippen molar-refractivity contribution in [3.8, 4) is 0 Å². The quantitative estimate of drug-likeness (QED) is 0.475. The highest BCUT2D eigenvalue weighted by molar-refractivity contribution is 14.1. The van der Waals surface area contributed by atoms with E-state index >= 15 is 0 Å². The molecule has 1 atom stereocenters. The van der Waals surface area contributed by atoms with E-state index in [9.17, 15) is 0 Å². The Morgan fingerprint density at radius 2 is 2.33 bits per heavy atom. The van der Waals surface area contributed by atoms with Crippen LogP contribution in [0.4, 0.5) is 0 Å². The lowest BCUT2D eigenvalue weighted by atomic mass is 10.1. The Morgan fingerprint density at radius 1 is 1.56 bits per heavy atom. The Labute approximate surface area is 129 Å². The first-order valence-electron chi connectivity index (χ1n) is 5.42. The molecular weight excluding hydrogens is 381 g/mol. The third kappa shape index (κ3) is 3.42. The molecule has 0 aliphatic heterocycles. The van der Waals surface area contributed by atoms with Crippen LogP contribution in [0.15, 0.2) is 23.6 Å². The van der Waals surface area contributed by atoms with Crippen LogP contribution in [0, 0.1) is 10.5 Å². The molecule has 18 heavy (non-hydrogen) atoms. The van der Waals surface area contributed by atoms with E-state index in [1.54, 1.807) is 11.3 Å². The number of thiazole rings is 1. The Bertz CT molecular complexity index is 544. The van der Waals surface area contributed by atoms with Crippen LogP contribution in [0.5, 0.6) is 0 Å². The molecule has 0 bridgehead atoms. The number of hydrogen-bond acceptors (Lipinski definition) is 4. The van der Waals surface area contributed by atoms with Crippen molar-refractivity contribution in [2.75, 3.05) is 0 Å². The van der Waals surface area contributed by atoms with E-state index in [1.165, 1.54) is 0 Å². The molecule has 0 aliphatic rings. The second kappa shape index (κ2) is 6.29. The zero-order valence-electron chi connectivity index (χ0n) is 9.78. The maximum atomic E-state index is 6.04. The summed E-state index contributed by atoms with van der Waals surface area (Å²) in [6.07, 6.45) is 0.769. The summed E-state index contributed by atoms with van der Waals surface area (Å²) in [5, 5.41) is 3.85. The Kier molecular flexibility index (Phi) is 4.97. The Hall–Kier alpha value is -0.210. The first-order valence-corrected chi connectivity index (χ1v) is 7.76. The molecule has 1 aromatic carbocycles. The van der Waals surface area contributed by atoms with Gasteiger partial charge in [0.25, 0.3) is 0 Å². The van der Waals surface area contributed by atoms with E-state index in [0.717, 1.165) is 31.3 Å². The van der Waals surface area contributed by atoms with E-state index in [0.29, 0.717) is 0 Å². The molecule has 2 rings (SSSR count). The van der Waals surface area contributed by atoms with Crippen LogP contribution < -0.4 is 11.3 Å². The Morgan fingerprint density at radius 3 is 2.94 bits per heavy atom. The van der Waals surface area contributed by atoms with Gasteiger partial charge >= 0.3 is 0 Å². The topological polar surface area (TPSA) is 50.9 Å². The van der Waals surface area contributed by atoms with Crippen molar-refractivity contribution in [3.63, 3.8) is 0 Å². The van der Waals surface area contributed by atoms with Crippen LogP contribution in [-0.2, 0) is 6.42 Å². The summed E-state index contributed by atoms with van der Waals surface area (Å²) in [5.41, 5.74) is 5.00. The number of hydrazine groups is 1. The number of aryl methyl sites for hydroxylation is 1. The van der Waals surface area contributed by atoms with Gasteiger partial charge in [0, 0.05) is 26.1 Å². The number of benzene rings is 1. The Balaban J connectivity index is 2.25. The molecule has 0 amide bonds. The average Bonchev–Trinajstić information content (AvgIpc) is 2.75. The van der Waals surface area contributed by atoms with Gasteiger partial charge in [-0.15, -0.1) is 11.3 Å². The first kappa shape index (κ1) is 14.2. The molecule has 2 aromatic rings. The predicted molar refractivity (Wildman–Crippen MR) is 84.8 cm³/mol. The van der Waals surface area contributed by atoms with Gasteiger partial charge in [-0.25, -0.2) is 4.98 Å². The van der Waals surface area contributed by atoms with Gasteiger partial charge in [0.15, 0.2) is 0 Å². The number of nitrogens with two attached hydrogens (primary N) is 1. The smallest absolute Gasteiger partial charge is 0.0947 e. The minimum atomic E-state index is 0.0288. The molecular formula is C12H13ClIN3S. The highest BCUT2D eigenvalue weighted by Crippen LogP contribution is 2.26. The van der Waals surface area contributed by atoms with Gasteiger partial charge < -0.3 is 0 Å². The monoisotopic (exact) mass is 393 g/mol. The molecule has 0 radical (unpaired) electrons. The number of nitrogens with zero attached hydrogens (tertiary/aromatic N) is 1. The summed E-state index contributed by atoms with van der Waals surface area (Å²) in [6, 6.07) is 5.86. The highest BCUT2D eigenvalue weighted by Gasteiger charge is 2.15. The molecule has 96 valence electrons. The molecule has 6 heteroatoms. The number of aromatic nitrogens is 1. The molecule has 0 aliphatic carbocycles. The van der Waals surface area contributed by atoms with Gasteiger partial charge in [-0.1, -0.05) is 11.6 Å². The minimum Gasteiger partial charge on any atom is -0.271 e. The van der Waals surface area contributed by atoms with Gasteiger partial charge in [0.2, 0.25) is 0 Å². The number of hydrogen-bond donors (Lipinski definition) is 2. The van der Waals surface area contributed by atoms with Crippen molar-refractivity contribution < 1.29 is 0 Å². The molecule has 0 saturated carbocycles. The van der Waals surface area contributed by atoms with Gasteiger partial charge in [0.05, 0.1) is 11.0 Å². The zero-order valence-corrected chi connectivity index (χ0v) is 13.5. The molecule has 1 heterocycles. The van der Waals surface area contributed by atoms with Crippen molar-refractivity contribution in [3.05, 3.63) is 48.4 Å².